The fourth-order valence-electron chi connectivity index (χ4n) is 1.74. The number of carboxylic acid groups (broad SMARTS) is 1. The van der Waals surface area contributed by atoms with Gasteiger partial charge < -0.3 is 10.4 Å². The minimum absolute atomic E-state index is 0.135. The van der Waals surface area contributed by atoms with Crippen molar-refractivity contribution in [2.24, 2.45) is 0 Å². The second kappa shape index (κ2) is 4.89. The summed E-state index contributed by atoms with van der Waals surface area (Å²) in [5.41, 5.74) is 1.12. The fourth-order valence-corrected chi connectivity index (χ4v) is 2.79. The highest BCUT2D eigenvalue weighted by molar-refractivity contribution is 7.18. The van der Waals surface area contributed by atoms with Crippen molar-refractivity contribution in [1.82, 2.24) is 9.97 Å². The largest absolute Gasteiger partial charge is 0.480 e. The van der Waals surface area contributed by atoms with Gasteiger partial charge in [0, 0.05) is 11.3 Å². The summed E-state index contributed by atoms with van der Waals surface area (Å²) in [5, 5.41) is 12.6. The Morgan fingerprint density at radius 3 is 2.72 bits per heavy atom. The van der Waals surface area contributed by atoms with E-state index in [2.05, 4.69) is 15.3 Å². The van der Waals surface area contributed by atoms with E-state index in [0.717, 1.165) is 28.0 Å². The van der Waals surface area contributed by atoms with Crippen LogP contribution in [-0.4, -0.2) is 27.6 Å². The van der Waals surface area contributed by atoms with Crippen molar-refractivity contribution in [2.75, 3.05) is 11.9 Å². The van der Waals surface area contributed by atoms with Crippen LogP contribution >= 0.6 is 11.3 Å². The molecule has 0 bridgehead atoms. The highest BCUT2D eigenvalue weighted by Crippen LogP contribution is 2.33. The molecule has 2 aromatic rings. The number of fused-ring (bicyclic) bond motifs is 1. The maximum atomic E-state index is 10.7. The Balaban J connectivity index is 2.56. The Morgan fingerprint density at radius 2 is 2.11 bits per heavy atom. The van der Waals surface area contributed by atoms with Crippen LogP contribution in [0.4, 0.5) is 5.82 Å². The predicted molar refractivity (Wildman–Crippen MR) is 72.4 cm³/mol. The summed E-state index contributed by atoms with van der Waals surface area (Å²) in [6.45, 7) is 5.89. The molecule has 0 atom stereocenters. The van der Waals surface area contributed by atoms with E-state index in [1.165, 1.54) is 4.88 Å². The second-order valence-electron chi connectivity index (χ2n) is 4.05. The van der Waals surface area contributed by atoms with Crippen molar-refractivity contribution >= 4 is 33.3 Å². The van der Waals surface area contributed by atoms with Crippen LogP contribution in [0.25, 0.3) is 10.2 Å². The lowest BCUT2D eigenvalue weighted by Gasteiger charge is -2.07. The monoisotopic (exact) mass is 265 g/mol. The zero-order valence-corrected chi connectivity index (χ0v) is 11.4. The molecule has 0 aromatic carbocycles. The van der Waals surface area contributed by atoms with Gasteiger partial charge in [0.15, 0.2) is 0 Å². The van der Waals surface area contributed by atoms with Gasteiger partial charge in [0.1, 0.15) is 23.0 Å². The average molecular weight is 265 g/mol. The van der Waals surface area contributed by atoms with Crippen LogP contribution in [0.5, 0.6) is 0 Å². The number of nitrogens with zero attached hydrogens (tertiary/aromatic N) is 2. The van der Waals surface area contributed by atoms with E-state index in [9.17, 15) is 4.79 Å². The molecular formula is C12H15N3O2S. The summed E-state index contributed by atoms with van der Waals surface area (Å²) in [5.74, 6) is 0.460. The van der Waals surface area contributed by atoms with Crippen LogP contribution in [0, 0.1) is 13.8 Å². The summed E-state index contributed by atoms with van der Waals surface area (Å²) < 4.78 is 0. The second-order valence-corrected chi connectivity index (χ2v) is 5.26. The smallest absolute Gasteiger partial charge is 0.322 e. The Hall–Kier alpha value is -1.69. The number of aromatic nitrogens is 2. The fraction of sp³-hybridized carbons (Fsp3) is 0.417. The maximum absolute atomic E-state index is 10.7. The summed E-state index contributed by atoms with van der Waals surface area (Å²) in [7, 11) is 0. The van der Waals surface area contributed by atoms with Crippen molar-refractivity contribution in [1.29, 1.82) is 0 Å². The molecule has 0 saturated carbocycles. The molecule has 0 radical (unpaired) electrons. The minimum atomic E-state index is -0.899. The average Bonchev–Trinajstić information content (AvgIpc) is 2.62. The van der Waals surface area contributed by atoms with Gasteiger partial charge in [0.05, 0.1) is 5.39 Å². The Kier molecular flexibility index (Phi) is 3.47. The van der Waals surface area contributed by atoms with Crippen molar-refractivity contribution < 1.29 is 9.90 Å². The van der Waals surface area contributed by atoms with Gasteiger partial charge >= 0.3 is 5.97 Å². The van der Waals surface area contributed by atoms with E-state index in [1.54, 1.807) is 11.3 Å². The SMILES string of the molecule is CCc1nc(NCC(=O)O)c2c(C)c(C)sc2n1. The van der Waals surface area contributed by atoms with Crippen LogP contribution in [0.2, 0.25) is 0 Å². The first-order chi connectivity index (χ1) is 8.52. The quantitative estimate of drug-likeness (QED) is 0.887. The lowest BCUT2D eigenvalue weighted by Crippen LogP contribution is -2.14. The van der Waals surface area contributed by atoms with Crippen LogP contribution in [0.1, 0.15) is 23.2 Å². The molecule has 2 heterocycles. The zero-order chi connectivity index (χ0) is 13.3. The third-order valence-corrected chi connectivity index (χ3v) is 3.90. The van der Waals surface area contributed by atoms with Gasteiger partial charge in [-0.1, -0.05) is 6.92 Å². The van der Waals surface area contributed by atoms with Crippen LogP contribution in [-0.2, 0) is 11.2 Å². The topological polar surface area (TPSA) is 75.1 Å². The Labute approximate surface area is 109 Å². The molecule has 2 aromatic heterocycles. The van der Waals surface area contributed by atoms with Crippen molar-refractivity contribution in [3.05, 3.63) is 16.3 Å². The molecule has 0 amide bonds. The summed E-state index contributed by atoms with van der Waals surface area (Å²) in [6.07, 6.45) is 0.730. The van der Waals surface area contributed by atoms with Gasteiger partial charge in [-0.2, -0.15) is 0 Å². The third kappa shape index (κ3) is 2.28. The van der Waals surface area contributed by atoms with Gasteiger partial charge in [0.25, 0.3) is 0 Å². The standard InChI is InChI=1S/C12H15N3O2S/c1-4-8-14-11(13-5-9(16)17)10-6(2)7(3)18-12(10)15-8/h4-5H2,1-3H3,(H,16,17)(H,13,14,15). The molecule has 6 heteroatoms. The van der Waals surface area contributed by atoms with Gasteiger partial charge in [-0.25, -0.2) is 9.97 Å². The van der Waals surface area contributed by atoms with Crippen LogP contribution < -0.4 is 5.32 Å². The van der Waals surface area contributed by atoms with Gasteiger partial charge in [-0.3, -0.25) is 4.79 Å². The number of carboxylic acids is 1. The number of nitrogens with one attached hydrogen (secondary N) is 1. The first-order valence-electron chi connectivity index (χ1n) is 5.75. The molecule has 0 aliphatic carbocycles. The first kappa shape index (κ1) is 12.8. The molecule has 96 valence electrons. The summed E-state index contributed by atoms with van der Waals surface area (Å²) >= 11 is 1.62. The Morgan fingerprint density at radius 1 is 1.39 bits per heavy atom. The molecular weight excluding hydrogens is 250 g/mol. The lowest BCUT2D eigenvalue weighted by atomic mass is 10.2. The summed E-state index contributed by atoms with van der Waals surface area (Å²) in [4.78, 5) is 21.6. The highest BCUT2D eigenvalue weighted by Gasteiger charge is 2.14. The molecule has 0 unspecified atom stereocenters. The number of rotatable bonds is 4. The van der Waals surface area contributed by atoms with E-state index in [0.29, 0.717) is 5.82 Å². The lowest BCUT2D eigenvalue weighted by molar-refractivity contribution is -0.134. The minimum Gasteiger partial charge on any atom is -0.480 e. The van der Waals surface area contributed by atoms with E-state index in [1.807, 2.05) is 20.8 Å². The van der Waals surface area contributed by atoms with E-state index in [4.69, 9.17) is 5.11 Å². The van der Waals surface area contributed by atoms with E-state index < -0.39 is 5.97 Å². The molecule has 5 nitrogen and oxygen atoms in total. The summed E-state index contributed by atoms with van der Waals surface area (Å²) in [6, 6.07) is 0. The Bertz CT molecular complexity index is 607. The van der Waals surface area contributed by atoms with Crippen molar-refractivity contribution in [3.8, 4) is 0 Å². The van der Waals surface area contributed by atoms with Gasteiger partial charge in [0.2, 0.25) is 0 Å². The number of anilines is 1. The molecule has 0 saturated heterocycles. The number of carbonyl (C=O) groups is 1. The van der Waals surface area contributed by atoms with E-state index in [-0.39, 0.29) is 6.54 Å². The number of aryl methyl sites for hydroxylation is 3. The molecule has 0 aliphatic heterocycles. The number of hydrogen-bond acceptors (Lipinski definition) is 5. The molecule has 0 fully saturated rings. The van der Waals surface area contributed by atoms with Crippen molar-refractivity contribution in [3.63, 3.8) is 0 Å². The molecule has 0 aliphatic rings. The first-order valence-corrected chi connectivity index (χ1v) is 6.56. The predicted octanol–water partition coefficient (Wildman–Crippen LogP) is 2.37. The maximum Gasteiger partial charge on any atom is 0.322 e. The number of aliphatic carboxylic acids is 1. The van der Waals surface area contributed by atoms with Gasteiger partial charge in [-0.05, 0) is 19.4 Å². The normalized spacial score (nSPS) is 10.8. The molecule has 18 heavy (non-hydrogen) atoms. The number of hydrogen-bond donors (Lipinski definition) is 2. The van der Waals surface area contributed by atoms with Crippen LogP contribution in [0.3, 0.4) is 0 Å². The van der Waals surface area contributed by atoms with Crippen molar-refractivity contribution in [2.45, 2.75) is 27.2 Å². The molecule has 2 rings (SSSR count). The van der Waals surface area contributed by atoms with Gasteiger partial charge in [-0.15, -0.1) is 11.3 Å². The number of thiophene rings is 1. The molecule has 0 spiro atoms. The third-order valence-electron chi connectivity index (χ3n) is 2.80. The van der Waals surface area contributed by atoms with Crippen LogP contribution in [0.15, 0.2) is 0 Å². The highest BCUT2D eigenvalue weighted by atomic mass is 32.1. The van der Waals surface area contributed by atoms with E-state index >= 15 is 0 Å². The zero-order valence-electron chi connectivity index (χ0n) is 10.6. The molecule has 2 N–H and O–H groups in total.